The summed E-state index contributed by atoms with van der Waals surface area (Å²) >= 11 is 6.03. The fourth-order valence-electron chi connectivity index (χ4n) is 1.61. The molecule has 0 spiro atoms. The van der Waals surface area contributed by atoms with Crippen LogP contribution in [0.1, 0.15) is 12.8 Å². The number of nitrogens with one attached hydrogen (secondary N) is 1. The number of anilines is 1. The summed E-state index contributed by atoms with van der Waals surface area (Å²) in [5, 5.41) is 8.44. The predicted molar refractivity (Wildman–Crippen MR) is 55.8 cm³/mol. The van der Waals surface area contributed by atoms with Crippen molar-refractivity contribution in [2.24, 2.45) is 0 Å². The van der Waals surface area contributed by atoms with Gasteiger partial charge in [0.1, 0.15) is 5.84 Å². The molecule has 1 aromatic rings. The van der Waals surface area contributed by atoms with E-state index in [1.165, 1.54) is 0 Å². The normalized spacial score (nSPS) is 16.7. The van der Waals surface area contributed by atoms with Gasteiger partial charge in [-0.1, -0.05) is 23.7 Å². The van der Waals surface area contributed by atoms with E-state index in [1.807, 2.05) is 29.2 Å². The zero-order chi connectivity index (χ0) is 9.26. The first-order valence-electron chi connectivity index (χ1n) is 4.38. The highest BCUT2D eigenvalue weighted by Gasteiger charge is 2.19. The molecule has 1 aliphatic rings. The van der Waals surface area contributed by atoms with Gasteiger partial charge >= 0.3 is 0 Å². The quantitative estimate of drug-likeness (QED) is 0.731. The van der Waals surface area contributed by atoms with Crippen LogP contribution in [0.3, 0.4) is 0 Å². The molecule has 1 aliphatic heterocycles. The van der Waals surface area contributed by atoms with Crippen LogP contribution in [0, 0.1) is 5.41 Å². The molecule has 1 aromatic carbocycles. The van der Waals surface area contributed by atoms with Crippen LogP contribution in [0.2, 0.25) is 5.02 Å². The van der Waals surface area contributed by atoms with E-state index in [4.69, 9.17) is 17.0 Å². The Kier molecular flexibility index (Phi) is 2.23. The number of amidine groups is 1. The number of para-hydroxylation sites is 1. The third kappa shape index (κ3) is 1.54. The lowest BCUT2D eigenvalue weighted by Crippen LogP contribution is -2.23. The molecule has 2 rings (SSSR count). The van der Waals surface area contributed by atoms with Gasteiger partial charge in [-0.2, -0.15) is 0 Å². The van der Waals surface area contributed by atoms with E-state index in [-0.39, 0.29) is 0 Å². The molecule has 0 amide bonds. The molecular formula is C10H11ClN2. The summed E-state index contributed by atoms with van der Waals surface area (Å²) in [6.45, 7) is 0.919. The first-order chi connectivity index (χ1) is 6.29. The number of hydrogen-bond acceptors (Lipinski definition) is 1. The fraction of sp³-hybridized carbons (Fsp3) is 0.300. The van der Waals surface area contributed by atoms with Gasteiger partial charge in [0.25, 0.3) is 0 Å². The zero-order valence-corrected chi connectivity index (χ0v) is 8.01. The molecule has 1 heterocycles. The van der Waals surface area contributed by atoms with Gasteiger partial charge in [0.2, 0.25) is 0 Å². The second-order valence-electron chi connectivity index (χ2n) is 3.15. The predicted octanol–water partition coefficient (Wildman–Crippen LogP) is 2.92. The standard InChI is InChI=1S/C10H11ClN2/c11-8-4-1-2-5-9(8)13-7-3-6-10(13)12/h1-2,4-5,12H,3,6-7H2. The average Bonchev–Trinajstić information content (AvgIpc) is 2.52. The van der Waals surface area contributed by atoms with E-state index < -0.39 is 0 Å². The maximum absolute atomic E-state index is 7.71. The van der Waals surface area contributed by atoms with Crippen LogP contribution in [0.5, 0.6) is 0 Å². The number of halogens is 1. The molecule has 13 heavy (non-hydrogen) atoms. The lowest BCUT2D eigenvalue weighted by molar-refractivity contribution is 0.956. The summed E-state index contributed by atoms with van der Waals surface area (Å²) in [5.41, 5.74) is 0.965. The number of hydrogen-bond donors (Lipinski definition) is 1. The Morgan fingerprint density at radius 3 is 2.69 bits per heavy atom. The zero-order valence-electron chi connectivity index (χ0n) is 7.26. The van der Waals surface area contributed by atoms with Crippen LogP contribution in [0.15, 0.2) is 24.3 Å². The molecule has 1 saturated heterocycles. The third-order valence-electron chi connectivity index (χ3n) is 2.26. The Morgan fingerprint density at radius 2 is 2.08 bits per heavy atom. The van der Waals surface area contributed by atoms with E-state index in [1.54, 1.807) is 0 Å². The average molecular weight is 195 g/mol. The second-order valence-corrected chi connectivity index (χ2v) is 3.56. The van der Waals surface area contributed by atoms with Gasteiger partial charge in [0, 0.05) is 13.0 Å². The largest absolute Gasteiger partial charge is 0.329 e. The maximum Gasteiger partial charge on any atom is 0.100 e. The van der Waals surface area contributed by atoms with Gasteiger partial charge in [-0.15, -0.1) is 0 Å². The highest BCUT2D eigenvalue weighted by molar-refractivity contribution is 6.33. The Labute approximate surface area is 82.6 Å². The lowest BCUT2D eigenvalue weighted by Gasteiger charge is -2.18. The summed E-state index contributed by atoms with van der Waals surface area (Å²) in [6.07, 6.45) is 1.93. The van der Waals surface area contributed by atoms with Crippen LogP contribution in [0.25, 0.3) is 0 Å². The van der Waals surface area contributed by atoms with Crippen molar-refractivity contribution in [2.45, 2.75) is 12.8 Å². The van der Waals surface area contributed by atoms with E-state index in [2.05, 4.69) is 0 Å². The molecule has 2 nitrogen and oxygen atoms in total. The monoisotopic (exact) mass is 194 g/mol. The number of rotatable bonds is 1. The third-order valence-corrected chi connectivity index (χ3v) is 2.58. The molecule has 0 unspecified atom stereocenters. The first kappa shape index (κ1) is 8.57. The van der Waals surface area contributed by atoms with Gasteiger partial charge < -0.3 is 4.90 Å². The van der Waals surface area contributed by atoms with Crippen molar-refractivity contribution < 1.29 is 0 Å². The van der Waals surface area contributed by atoms with Crippen LogP contribution in [-0.4, -0.2) is 12.4 Å². The lowest BCUT2D eigenvalue weighted by atomic mass is 10.3. The summed E-state index contributed by atoms with van der Waals surface area (Å²) in [6, 6.07) is 7.68. The Hall–Kier alpha value is -1.02. The van der Waals surface area contributed by atoms with Crippen molar-refractivity contribution in [1.29, 1.82) is 5.41 Å². The van der Waals surface area contributed by atoms with E-state index >= 15 is 0 Å². The van der Waals surface area contributed by atoms with Crippen molar-refractivity contribution >= 4 is 23.1 Å². The van der Waals surface area contributed by atoms with Gasteiger partial charge in [0.05, 0.1) is 10.7 Å². The highest BCUT2D eigenvalue weighted by Crippen LogP contribution is 2.28. The van der Waals surface area contributed by atoms with Crippen molar-refractivity contribution in [1.82, 2.24) is 0 Å². The SMILES string of the molecule is N=C1CCCN1c1ccccc1Cl. The van der Waals surface area contributed by atoms with Crippen molar-refractivity contribution in [2.75, 3.05) is 11.4 Å². The van der Waals surface area contributed by atoms with Crippen LogP contribution < -0.4 is 4.90 Å². The van der Waals surface area contributed by atoms with Gasteiger partial charge in [0.15, 0.2) is 0 Å². The fourth-order valence-corrected chi connectivity index (χ4v) is 1.85. The molecular weight excluding hydrogens is 184 g/mol. The molecule has 0 bridgehead atoms. The molecule has 1 N–H and O–H groups in total. The molecule has 3 heteroatoms. The summed E-state index contributed by atoms with van der Waals surface area (Å²) in [4.78, 5) is 1.97. The Bertz CT molecular complexity index is 335. The van der Waals surface area contributed by atoms with Crippen molar-refractivity contribution in [3.63, 3.8) is 0 Å². The van der Waals surface area contributed by atoms with Gasteiger partial charge in [-0.05, 0) is 18.6 Å². The summed E-state index contributed by atoms with van der Waals surface area (Å²) < 4.78 is 0. The molecule has 0 saturated carbocycles. The Balaban J connectivity index is 2.34. The maximum atomic E-state index is 7.71. The number of nitrogens with zero attached hydrogens (tertiary/aromatic N) is 1. The van der Waals surface area contributed by atoms with E-state index in [0.717, 1.165) is 30.1 Å². The van der Waals surface area contributed by atoms with Crippen LogP contribution >= 0.6 is 11.6 Å². The van der Waals surface area contributed by atoms with Gasteiger partial charge in [-0.3, -0.25) is 5.41 Å². The molecule has 68 valence electrons. The second kappa shape index (κ2) is 3.38. The minimum atomic E-state index is 0.674. The van der Waals surface area contributed by atoms with E-state index in [0.29, 0.717) is 5.84 Å². The van der Waals surface area contributed by atoms with E-state index in [9.17, 15) is 0 Å². The first-order valence-corrected chi connectivity index (χ1v) is 4.76. The van der Waals surface area contributed by atoms with Gasteiger partial charge in [-0.25, -0.2) is 0 Å². The molecule has 0 atom stereocenters. The summed E-state index contributed by atoms with van der Waals surface area (Å²) in [7, 11) is 0. The molecule has 1 fully saturated rings. The number of benzene rings is 1. The minimum Gasteiger partial charge on any atom is -0.329 e. The molecule has 0 aliphatic carbocycles. The van der Waals surface area contributed by atoms with Crippen LogP contribution in [0.4, 0.5) is 5.69 Å². The Morgan fingerprint density at radius 1 is 1.31 bits per heavy atom. The highest BCUT2D eigenvalue weighted by atomic mass is 35.5. The minimum absolute atomic E-state index is 0.674. The van der Waals surface area contributed by atoms with Crippen molar-refractivity contribution in [3.8, 4) is 0 Å². The molecule has 0 radical (unpaired) electrons. The van der Waals surface area contributed by atoms with Crippen LogP contribution in [-0.2, 0) is 0 Å². The topological polar surface area (TPSA) is 27.1 Å². The van der Waals surface area contributed by atoms with Crippen molar-refractivity contribution in [3.05, 3.63) is 29.3 Å². The molecule has 0 aromatic heterocycles. The summed E-state index contributed by atoms with van der Waals surface area (Å²) in [5.74, 6) is 0.674. The smallest absolute Gasteiger partial charge is 0.100 e.